The second-order valence-corrected chi connectivity index (χ2v) is 11.1. The highest BCUT2D eigenvalue weighted by atomic mass is 16.1. The lowest BCUT2D eigenvalue weighted by molar-refractivity contribution is 0.0908. The van der Waals surface area contributed by atoms with E-state index in [1.54, 1.807) is 6.20 Å². The van der Waals surface area contributed by atoms with Crippen molar-refractivity contribution in [1.82, 2.24) is 25.0 Å². The van der Waals surface area contributed by atoms with Crippen molar-refractivity contribution in [3.63, 3.8) is 0 Å². The number of nitrogens with zero attached hydrogens (tertiary/aromatic N) is 5. The number of aryl methyl sites for hydroxylation is 1. The molecule has 3 heterocycles. The topological polar surface area (TPSA) is 75.5 Å². The number of amides is 1. The molecule has 2 saturated heterocycles. The Labute approximate surface area is 238 Å². The standard InChI is InChI=1S/C33H40N6O/c1-2-26-3-7-28(8-4-26)24-38-17-19-39(20-18-38)25-32-12-11-30(22-35-32)33(40)36-31-13-15-37(16-14-31)23-29-9-5-27(21-34)6-10-29/h3-12,22,31H,2,13-20,23-25H2,1H3,(H,36,40). The van der Waals surface area contributed by atoms with Crippen LogP contribution in [-0.2, 0) is 26.1 Å². The van der Waals surface area contributed by atoms with Gasteiger partial charge < -0.3 is 5.32 Å². The first-order chi connectivity index (χ1) is 19.6. The Morgan fingerprint density at radius 3 is 1.90 bits per heavy atom. The molecule has 1 aromatic heterocycles. The summed E-state index contributed by atoms with van der Waals surface area (Å²) in [5.41, 5.74) is 6.32. The average Bonchev–Trinajstić information content (AvgIpc) is 3.00. The summed E-state index contributed by atoms with van der Waals surface area (Å²) in [4.78, 5) is 24.9. The molecule has 0 aliphatic carbocycles. The number of nitrogens with one attached hydrogen (secondary N) is 1. The van der Waals surface area contributed by atoms with Gasteiger partial charge in [0, 0.05) is 71.1 Å². The Morgan fingerprint density at radius 1 is 0.800 bits per heavy atom. The molecule has 5 rings (SSSR count). The summed E-state index contributed by atoms with van der Waals surface area (Å²) < 4.78 is 0. The van der Waals surface area contributed by atoms with Gasteiger partial charge in [-0.2, -0.15) is 5.26 Å². The maximum Gasteiger partial charge on any atom is 0.253 e. The van der Waals surface area contributed by atoms with Crippen LogP contribution in [0, 0.1) is 11.3 Å². The third-order valence-electron chi connectivity index (χ3n) is 8.19. The van der Waals surface area contributed by atoms with Crippen LogP contribution in [0.4, 0.5) is 0 Å². The van der Waals surface area contributed by atoms with Crippen LogP contribution in [0.15, 0.2) is 66.9 Å². The van der Waals surface area contributed by atoms with Gasteiger partial charge in [-0.3, -0.25) is 24.5 Å². The number of hydrogen-bond acceptors (Lipinski definition) is 6. The van der Waals surface area contributed by atoms with Crippen LogP contribution in [0.2, 0.25) is 0 Å². The Morgan fingerprint density at radius 2 is 1.35 bits per heavy atom. The molecule has 2 aliphatic heterocycles. The zero-order valence-corrected chi connectivity index (χ0v) is 23.6. The van der Waals surface area contributed by atoms with E-state index in [0.29, 0.717) is 11.1 Å². The summed E-state index contributed by atoms with van der Waals surface area (Å²) >= 11 is 0. The summed E-state index contributed by atoms with van der Waals surface area (Å²) in [5.74, 6) is -0.0369. The molecule has 0 saturated carbocycles. The van der Waals surface area contributed by atoms with Crippen LogP contribution in [0.25, 0.3) is 0 Å². The summed E-state index contributed by atoms with van der Waals surface area (Å²) in [5, 5.41) is 12.2. The van der Waals surface area contributed by atoms with Crippen LogP contribution in [0.3, 0.4) is 0 Å². The first-order valence-corrected chi connectivity index (χ1v) is 14.6. The summed E-state index contributed by atoms with van der Waals surface area (Å²) in [6, 6.07) is 23.0. The predicted molar refractivity (Wildman–Crippen MR) is 158 cm³/mol. The molecule has 7 nitrogen and oxygen atoms in total. The smallest absolute Gasteiger partial charge is 0.253 e. The number of piperidine rings is 1. The summed E-state index contributed by atoms with van der Waals surface area (Å²) in [6.07, 6.45) is 4.68. The monoisotopic (exact) mass is 536 g/mol. The number of benzene rings is 2. The first-order valence-electron chi connectivity index (χ1n) is 14.6. The van der Waals surface area contributed by atoms with Crippen molar-refractivity contribution in [1.29, 1.82) is 5.26 Å². The summed E-state index contributed by atoms with van der Waals surface area (Å²) in [6.45, 7) is 11.0. The molecule has 2 fully saturated rings. The van der Waals surface area contributed by atoms with E-state index in [2.05, 4.69) is 62.3 Å². The van der Waals surface area contributed by atoms with Crippen molar-refractivity contribution in [2.45, 2.75) is 51.9 Å². The lowest BCUT2D eigenvalue weighted by Gasteiger charge is -2.34. The van der Waals surface area contributed by atoms with Gasteiger partial charge in [0.05, 0.1) is 22.9 Å². The zero-order chi connectivity index (χ0) is 27.7. The highest BCUT2D eigenvalue weighted by molar-refractivity contribution is 5.94. The Kier molecular flexibility index (Phi) is 9.56. The fourth-order valence-corrected chi connectivity index (χ4v) is 5.57. The number of nitriles is 1. The molecule has 1 amide bonds. The maximum atomic E-state index is 12.9. The number of rotatable bonds is 9. The van der Waals surface area contributed by atoms with Crippen molar-refractivity contribution in [2.75, 3.05) is 39.3 Å². The van der Waals surface area contributed by atoms with Crippen LogP contribution in [-0.4, -0.2) is 70.9 Å². The van der Waals surface area contributed by atoms with Gasteiger partial charge >= 0.3 is 0 Å². The van der Waals surface area contributed by atoms with E-state index in [4.69, 9.17) is 5.26 Å². The largest absolute Gasteiger partial charge is 0.349 e. The van der Waals surface area contributed by atoms with E-state index in [1.165, 1.54) is 16.7 Å². The van der Waals surface area contributed by atoms with Crippen LogP contribution >= 0.6 is 0 Å². The van der Waals surface area contributed by atoms with Crippen molar-refractivity contribution in [2.24, 2.45) is 0 Å². The van der Waals surface area contributed by atoms with E-state index < -0.39 is 0 Å². The fraction of sp³-hybridized carbons (Fsp3) is 0.424. The van der Waals surface area contributed by atoms with Crippen molar-refractivity contribution in [3.05, 3.63) is 100 Å². The Balaban J connectivity index is 1.01. The number of carbonyl (C=O) groups excluding carboxylic acids is 1. The van der Waals surface area contributed by atoms with Crippen LogP contribution in [0.5, 0.6) is 0 Å². The second-order valence-electron chi connectivity index (χ2n) is 11.1. The van der Waals surface area contributed by atoms with Gasteiger partial charge in [0.2, 0.25) is 0 Å². The minimum atomic E-state index is -0.0369. The maximum absolute atomic E-state index is 12.9. The Bertz CT molecular complexity index is 1270. The van der Waals surface area contributed by atoms with Crippen molar-refractivity contribution >= 4 is 5.91 Å². The number of pyridine rings is 1. The van der Waals surface area contributed by atoms with Gasteiger partial charge in [-0.25, -0.2) is 0 Å². The van der Waals surface area contributed by atoms with Crippen LogP contribution < -0.4 is 5.32 Å². The fourth-order valence-electron chi connectivity index (χ4n) is 5.57. The highest BCUT2D eigenvalue weighted by Crippen LogP contribution is 2.16. The molecule has 7 heteroatoms. The third kappa shape index (κ3) is 7.76. The molecule has 2 aromatic carbocycles. The highest BCUT2D eigenvalue weighted by Gasteiger charge is 2.22. The van der Waals surface area contributed by atoms with E-state index in [1.807, 2.05) is 36.4 Å². The molecule has 0 bridgehead atoms. The van der Waals surface area contributed by atoms with Gasteiger partial charge in [-0.15, -0.1) is 0 Å². The molecule has 0 spiro atoms. The predicted octanol–water partition coefficient (Wildman–Crippen LogP) is 4.23. The molecule has 0 radical (unpaired) electrons. The number of aromatic nitrogens is 1. The number of hydrogen-bond donors (Lipinski definition) is 1. The number of carbonyl (C=O) groups is 1. The van der Waals surface area contributed by atoms with Crippen LogP contribution in [0.1, 0.15) is 58.1 Å². The molecule has 0 atom stereocenters. The van der Waals surface area contributed by atoms with Gasteiger partial charge in [0.1, 0.15) is 0 Å². The normalized spacial score (nSPS) is 17.4. The minimum absolute atomic E-state index is 0.0369. The Hall–Kier alpha value is -3.57. The first kappa shape index (κ1) is 28.0. The van der Waals surface area contributed by atoms with Gasteiger partial charge in [0.25, 0.3) is 5.91 Å². The van der Waals surface area contributed by atoms with E-state index in [9.17, 15) is 4.79 Å². The lowest BCUT2D eigenvalue weighted by atomic mass is 10.0. The van der Waals surface area contributed by atoms with E-state index in [-0.39, 0.29) is 11.9 Å². The minimum Gasteiger partial charge on any atom is -0.349 e. The quantitative estimate of drug-likeness (QED) is 0.441. The molecule has 208 valence electrons. The number of piperazine rings is 1. The van der Waals surface area contributed by atoms with Gasteiger partial charge in [-0.1, -0.05) is 43.3 Å². The summed E-state index contributed by atoms with van der Waals surface area (Å²) in [7, 11) is 0. The molecular formula is C33H40N6O. The van der Waals surface area contributed by atoms with Crippen molar-refractivity contribution in [3.8, 4) is 6.07 Å². The van der Waals surface area contributed by atoms with E-state index >= 15 is 0 Å². The van der Waals surface area contributed by atoms with Gasteiger partial charge in [0.15, 0.2) is 0 Å². The van der Waals surface area contributed by atoms with Gasteiger partial charge in [-0.05, 0) is 60.2 Å². The molecule has 2 aliphatic rings. The molecule has 0 unspecified atom stereocenters. The average molecular weight is 537 g/mol. The molecule has 40 heavy (non-hydrogen) atoms. The zero-order valence-electron chi connectivity index (χ0n) is 23.6. The SMILES string of the molecule is CCc1ccc(CN2CCN(Cc3ccc(C(=O)NC4CCN(Cc5ccc(C#N)cc5)CC4)cn3)CC2)cc1. The van der Waals surface area contributed by atoms with E-state index in [0.717, 1.165) is 83.9 Å². The lowest BCUT2D eigenvalue weighted by Crippen LogP contribution is -2.45. The van der Waals surface area contributed by atoms with Crippen molar-refractivity contribution < 1.29 is 4.79 Å². The molecule has 3 aromatic rings. The third-order valence-corrected chi connectivity index (χ3v) is 8.19. The molecular weight excluding hydrogens is 496 g/mol. The number of likely N-dealkylation sites (tertiary alicyclic amines) is 1. The molecule has 1 N–H and O–H groups in total. The second kappa shape index (κ2) is 13.7.